The van der Waals surface area contributed by atoms with Crippen molar-refractivity contribution in [3.05, 3.63) is 28.8 Å². The maximum Gasteiger partial charge on any atom is 0.134 e. The maximum absolute atomic E-state index is 9.21. The number of phenols is 1. The number of hydrogen-bond acceptors (Lipinski definition) is 2. The molecule has 1 fully saturated rings. The fourth-order valence-electron chi connectivity index (χ4n) is 1.46. The van der Waals surface area contributed by atoms with Gasteiger partial charge in [0.2, 0.25) is 0 Å². The van der Waals surface area contributed by atoms with E-state index >= 15 is 0 Å². The van der Waals surface area contributed by atoms with Crippen LogP contribution in [0.1, 0.15) is 24.4 Å². The van der Waals surface area contributed by atoms with Crippen molar-refractivity contribution in [1.82, 2.24) is 0 Å². The predicted molar refractivity (Wildman–Crippen MR) is 60.0 cm³/mol. The number of halogens is 2. The first-order valence-electron chi connectivity index (χ1n) is 4.42. The van der Waals surface area contributed by atoms with E-state index in [1.54, 1.807) is 12.1 Å². The third kappa shape index (κ3) is 2.32. The van der Waals surface area contributed by atoms with Gasteiger partial charge in [0.05, 0.1) is 5.02 Å². The van der Waals surface area contributed by atoms with Crippen LogP contribution in [-0.4, -0.2) is 5.11 Å². The van der Waals surface area contributed by atoms with E-state index in [0.29, 0.717) is 10.9 Å². The largest absolute Gasteiger partial charge is 0.506 e. The van der Waals surface area contributed by atoms with Gasteiger partial charge in [-0.15, -0.1) is 12.4 Å². The minimum atomic E-state index is 0. The second-order valence-electron chi connectivity index (χ2n) is 3.57. The highest BCUT2D eigenvalue weighted by molar-refractivity contribution is 6.32. The lowest BCUT2D eigenvalue weighted by atomic mass is 10.0. The Kier molecular flexibility index (Phi) is 3.65. The lowest BCUT2D eigenvalue weighted by molar-refractivity contribution is 0.475. The van der Waals surface area contributed by atoms with Crippen LogP contribution in [0.3, 0.4) is 0 Å². The van der Waals surface area contributed by atoms with Crippen LogP contribution in [0.25, 0.3) is 0 Å². The third-order valence-corrected chi connectivity index (χ3v) is 2.79. The normalized spacial score (nSPS) is 17.3. The molecule has 0 radical (unpaired) electrons. The summed E-state index contributed by atoms with van der Waals surface area (Å²) in [5, 5.41) is 9.59. The fourth-order valence-corrected chi connectivity index (χ4v) is 1.65. The zero-order chi connectivity index (χ0) is 9.42. The quantitative estimate of drug-likeness (QED) is 0.826. The van der Waals surface area contributed by atoms with Crippen LogP contribution < -0.4 is 5.73 Å². The monoisotopic (exact) mass is 233 g/mol. The van der Waals surface area contributed by atoms with Crippen LogP contribution in [-0.2, 0) is 0 Å². The summed E-state index contributed by atoms with van der Waals surface area (Å²) < 4.78 is 0. The summed E-state index contributed by atoms with van der Waals surface area (Å²) in [5.74, 6) is 0.731. The Hall–Kier alpha value is -0.440. The van der Waals surface area contributed by atoms with Gasteiger partial charge in [-0.05, 0) is 36.5 Å². The molecule has 1 aliphatic carbocycles. The predicted octanol–water partition coefficient (Wildman–Crippen LogP) is 2.88. The molecule has 1 aromatic rings. The first-order chi connectivity index (χ1) is 6.18. The lowest BCUT2D eigenvalue weighted by Gasteiger charge is -2.10. The van der Waals surface area contributed by atoms with Crippen molar-refractivity contribution in [2.75, 3.05) is 0 Å². The van der Waals surface area contributed by atoms with Gasteiger partial charge in [-0.1, -0.05) is 17.7 Å². The van der Waals surface area contributed by atoms with E-state index in [4.69, 9.17) is 17.3 Å². The summed E-state index contributed by atoms with van der Waals surface area (Å²) in [5.41, 5.74) is 7.00. The van der Waals surface area contributed by atoms with Gasteiger partial charge in [0, 0.05) is 6.04 Å². The summed E-state index contributed by atoms with van der Waals surface area (Å²) >= 11 is 5.78. The van der Waals surface area contributed by atoms with Crippen molar-refractivity contribution >= 4 is 24.0 Å². The van der Waals surface area contributed by atoms with Crippen LogP contribution in [0.5, 0.6) is 5.75 Å². The van der Waals surface area contributed by atoms with Crippen molar-refractivity contribution in [3.63, 3.8) is 0 Å². The zero-order valence-electron chi connectivity index (χ0n) is 7.61. The summed E-state index contributed by atoms with van der Waals surface area (Å²) in [4.78, 5) is 0. The highest BCUT2D eigenvalue weighted by atomic mass is 35.5. The van der Waals surface area contributed by atoms with Gasteiger partial charge in [-0.3, -0.25) is 0 Å². The van der Waals surface area contributed by atoms with Gasteiger partial charge in [0.25, 0.3) is 0 Å². The molecule has 0 aromatic heterocycles. The molecule has 0 amide bonds. The summed E-state index contributed by atoms with van der Waals surface area (Å²) in [6.07, 6.45) is 2.42. The highest BCUT2D eigenvalue weighted by Gasteiger charge is 2.29. The molecule has 14 heavy (non-hydrogen) atoms. The van der Waals surface area contributed by atoms with Crippen molar-refractivity contribution in [1.29, 1.82) is 0 Å². The molecule has 2 rings (SSSR count). The molecule has 0 aliphatic heterocycles. The molecule has 0 unspecified atom stereocenters. The van der Waals surface area contributed by atoms with E-state index in [0.717, 1.165) is 5.56 Å². The number of aromatic hydroxyl groups is 1. The van der Waals surface area contributed by atoms with Gasteiger partial charge in [0.1, 0.15) is 5.75 Å². The zero-order valence-corrected chi connectivity index (χ0v) is 9.18. The fraction of sp³-hybridized carbons (Fsp3) is 0.400. The molecule has 1 saturated carbocycles. The number of nitrogens with two attached hydrogens (primary N) is 1. The molecule has 2 nitrogen and oxygen atoms in total. The Morgan fingerprint density at radius 1 is 1.43 bits per heavy atom. The van der Waals surface area contributed by atoms with E-state index in [1.807, 2.05) is 6.07 Å². The van der Waals surface area contributed by atoms with Gasteiger partial charge in [-0.2, -0.15) is 0 Å². The van der Waals surface area contributed by atoms with Gasteiger partial charge in [-0.25, -0.2) is 0 Å². The molecule has 3 N–H and O–H groups in total. The maximum atomic E-state index is 9.21. The average molecular weight is 234 g/mol. The van der Waals surface area contributed by atoms with Crippen LogP contribution in [0, 0.1) is 5.92 Å². The molecule has 1 aromatic carbocycles. The molecule has 1 atom stereocenters. The average Bonchev–Trinajstić information content (AvgIpc) is 2.91. The first kappa shape index (κ1) is 11.6. The van der Waals surface area contributed by atoms with E-state index < -0.39 is 0 Å². The molecule has 0 spiro atoms. The number of benzene rings is 1. The van der Waals surface area contributed by atoms with Crippen molar-refractivity contribution in [2.45, 2.75) is 18.9 Å². The Labute approximate surface area is 94.5 Å². The first-order valence-corrected chi connectivity index (χ1v) is 4.80. The molecular weight excluding hydrogens is 221 g/mol. The second kappa shape index (κ2) is 4.39. The van der Waals surface area contributed by atoms with Crippen molar-refractivity contribution in [2.24, 2.45) is 11.7 Å². The van der Waals surface area contributed by atoms with Crippen LogP contribution in [0.2, 0.25) is 5.02 Å². The van der Waals surface area contributed by atoms with Crippen molar-refractivity contribution < 1.29 is 5.11 Å². The molecule has 4 heteroatoms. The molecule has 1 aliphatic rings. The molecular formula is C10H13Cl2NO. The Morgan fingerprint density at radius 2 is 2.07 bits per heavy atom. The highest BCUT2D eigenvalue weighted by Crippen LogP contribution is 2.40. The summed E-state index contributed by atoms with van der Waals surface area (Å²) in [6.45, 7) is 0. The number of hydrogen-bond donors (Lipinski definition) is 2. The Bertz CT molecular complexity index is 326. The SMILES string of the molecule is Cl.N[C@@H](c1ccc(O)c(Cl)c1)C1CC1. The van der Waals surface area contributed by atoms with E-state index in [9.17, 15) is 5.11 Å². The minimum absolute atomic E-state index is 0. The Balaban J connectivity index is 0.000000980. The van der Waals surface area contributed by atoms with Crippen LogP contribution in [0.4, 0.5) is 0 Å². The van der Waals surface area contributed by atoms with Gasteiger partial charge >= 0.3 is 0 Å². The topological polar surface area (TPSA) is 46.2 Å². The van der Waals surface area contributed by atoms with Gasteiger partial charge < -0.3 is 10.8 Å². The molecule has 0 bridgehead atoms. The van der Waals surface area contributed by atoms with Crippen LogP contribution in [0.15, 0.2) is 18.2 Å². The van der Waals surface area contributed by atoms with Crippen LogP contribution >= 0.6 is 24.0 Å². The number of rotatable bonds is 2. The minimum Gasteiger partial charge on any atom is -0.506 e. The van der Waals surface area contributed by atoms with Gasteiger partial charge in [0.15, 0.2) is 0 Å². The third-order valence-electron chi connectivity index (χ3n) is 2.49. The molecule has 78 valence electrons. The van der Waals surface area contributed by atoms with E-state index in [2.05, 4.69) is 0 Å². The van der Waals surface area contributed by atoms with Crippen molar-refractivity contribution in [3.8, 4) is 5.75 Å². The smallest absolute Gasteiger partial charge is 0.134 e. The lowest BCUT2D eigenvalue weighted by Crippen LogP contribution is -2.11. The Morgan fingerprint density at radius 3 is 2.57 bits per heavy atom. The van der Waals surface area contributed by atoms with E-state index in [1.165, 1.54) is 12.8 Å². The summed E-state index contributed by atoms with van der Waals surface area (Å²) in [7, 11) is 0. The molecule has 0 saturated heterocycles. The van der Waals surface area contributed by atoms with E-state index in [-0.39, 0.29) is 24.2 Å². The second-order valence-corrected chi connectivity index (χ2v) is 3.98. The standard InChI is InChI=1S/C10H12ClNO.ClH/c11-8-5-7(3-4-9(8)13)10(12)6-1-2-6;/h3-6,10,13H,1-2,12H2;1H/t10-;/m1./s1. The number of phenolic OH excluding ortho intramolecular Hbond substituents is 1. The molecule has 0 heterocycles. The summed E-state index contributed by atoms with van der Waals surface area (Å²) in [6, 6.07) is 5.27.